The number of β-amino-alcohol motifs (C(OH)–C–C–N with tert-alkyl or cyclic N) is 1. The number of methoxy groups -OCH3 is 1. The molecule has 0 bridgehead atoms. The van der Waals surface area contributed by atoms with E-state index in [9.17, 15) is 19.5 Å². The molecule has 3 aromatic heterocycles. The van der Waals surface area contributed by atoms with Crippen LogP contribution in [0.25, 0.3) is 22.5 Å². The van der Waals surface area contributed by atoms with E-state index < -0.39 is 17.6 Å². The van der Waals surface area contributed by atoms with Gasteiger partial charge in [-0.15, -0.1) is 0 Å². The summed E-state index contributed by atoms with van der Waals surface area (Å²) in [5, 5.41) is 16.1. The molecule has 15 heteroatoms. The van der Waals surface area contributed by atoms with Gasteiger partial charge in [0.05, 0.1) is 46.9 Å². The molecule has 2 aliphatic rings. The van der Waals surface area contributed by atoms with E-state index in [2.05, 4.69) is 25.5 Å². The van der Waals surface area contributed by atoms with Crippen LogP contribution in [0, 0.1) is 0 Å². The van der Waals surface area contributed by atoms with Crippen LogP contribution in [0.1, 0.15) is 61.6 Å². The SMILES string of the molecule is COc1nc(-c2ccnc(-c3cccc(NC(=O)c4ccc(CN5CC[C@H](O)C5)cn4)c3Cl)c2Cl)ccc1CN(C[C@@H]1CCC(=O)N1)C(=O)OC(C)(C)C. The molecular weight excluding hydrogens is 733 g/mol. The van der Waals surface area contributed by atoms with Gasteiger partial charge in [-0.1, -0.05) is 41.4 Å². The Labute approximate surface area is 324 Å². The maximum atomic E-state index is 13.3. The summed E-state index contributed by atoms with van der Waals surface area (Å²) in [5.74, 6) is -0.196. The summed E-state index contributed by atoms with van der Waals surface area (Å²) < 4.78 is 11.4. The maximum Gasteiger partial charge on any atom is 0.410 e. The average Bonchev–Trinajstić information content (AvgIpc) is 3.75. The molecule has 5 heterocycles. The number of hydrogen-bond acceptors (Lipinski definition) is 10. The zero-order chi connectivity index (χ0) is 38.6. The number of carbonyl (C=O) groups excluding carboxylic acids is 3. The van der Waals surface area contributed by atoms with E-state index in [-0.39, 0.29) is 52.8 Å². The van der Waals surface area contributed by atoms with E-state index in [1.165, 1.54) is 7.11 Å². The molecule has 284 valence electrons. The van der Waals surface area contributed by atoms with Gasteiger partial charge in [-0.05, 0) is 69.5 Å². The number of likely N-dealkylation sites (tertiary alicyclic amines) is 1. The Kier molecular flexibility index (Phi) is 12.0. The Bertz CT molecular complexity index is 2020. The van der Waals surface area contributed by atoms with Crippen LogP contribution in [-0.4, -0.2) is 92.3 Å². The fourth-order valence-electron chi connectivity index (χ4n) is 6.43. The van der Waals surface area contributed by atoms with Crippen LogP contribution in [0.3, 0.4) is 0 Å². The van der Waals surface area contributed by atoms with Crippen LogP contribution >= 0.6 is 23.2 Å². The summed E-state index contributed by atoms with van der Waals surface area (Å²) in [6, 6.07) is 13.8. The van der Waals surface area contributed by atoms with Gasteiger partial charge in [-0.3, -0.25) is 24.5 Å². The summed E-state index contributed by atoms with van der Waals surface area (Å²) in [7, 11) is 1.49. The van der Waals surface area contributed by atoms with Crippen LogP contribution in [0.2, 0.25) is 10.0 Å². The molecule has 13 nitrogen and oxygen atoms in total. The first-order valence-corrected chi connectivity index (χ1v) is 18.4. The minimum Gasteiger partial charge on any atom is -0.481 e. The molecule has 2 aliphatic heterocycles. The molecule has 2 fully saturated rings. The van der Waals surface area contributed by atoms with E-state index in [0.717, 1.165) is 18.5 Å². The second-order valence-corrected chi connectivity index (χ2v) is 15.2. The molecule has 3 N–H and O–H groups in total. The van der Waals surface area contributed by atoms with E-state index in [1.807, 2.05) is 12.1 Å². The second-order valence-electron chi connectivity index (χ2n) is 14.4. The van der Waals surface area contributed by atoms with Crippen LogP contribution in [0.4, 0.5) is 10.5 Å². The lowest BCUT2D eigenvalue weighted by Gasteiger charge is -2.29. The zero-order valence-electron chi connectivity index (χ0n) is 30.6. The van der Waals surface area contributed by atoms with Gasteiger partial charge in [0.2, 0.25) is 11.8 Å². The third kappa shape index (κ3) is 9.45. The van der Waals surface area contributed by atoms with Gasteiger partial charge in [-0.2, -0.15) is 0 Å². The van der Waals surface area contributed by atoms with Crippen molar-refractivity contribution in [3.05, 3.63) is 87.8 Å². The third-order valence-corrected chi connectivity index (χ3v) is 9.84. The van der Waals surface area contributed by atoms with Gasteiger partial charge < -0.3 is 30.1 Å². The van der Waals surface area contributed by atoms with E-state index in [0.29, 0.717) is 59.7 Å². The number of pyridine rings is 3. The predicted octanol–water partition coefficient (Wildman–Crippen LogP) is 6.36. The molecule has 0 spiro atoms. The van der Waals surface area contributed by atoms with E-state index in [1.54, 1.807) is 74.5 Å². The number of nitrogens with one attached hydrogen (secondary N) is 2. The molecule has 0 radical (unpaired) electrons. The smallest absolute Gasteiger partial charge is 0.410 e. The first kappa shape index (κ1) is 38.9. The Morgan fingerprint density at radius 1 is 1.06 bits per heavy atom. The van der Waals surface area contributed by atoms with Crippen molar-refractivity contribution in [2.45, 2.75) is 70.9 Å². The molecule has 2 atom stereocenters. The van der Waals surface area contributed by atoms with Crippen molar-refractivity contribution in [3.63, 3.8) is 0 Å². The van der Waals surface area contributed by atoms with Crippen LogP contribution in [-0.2, 0) is 22.6 Å². The highest BCUT2D eigenvalue weighted by Crippen LogP contribution is 2.40. The number of carbonyl (C=O) groups is 3. The maximum absolute atomic E-state index is 13.3. The number of aliphatic hydroxyl groups is 1. The van der Waals surface area contributed by atoms with Crippen LogP contribution < -0.4 is 15.4 Å². The Morgan fingerprint density at radius 2 is 1.87 bits per heavy atom. The number of amides is 3. The minimum atomic E-state index is -0.715. The molecule has 0 saturated carbocycles. The van der Waals surface area contributed by atoms with Crippen LogP contribution in [0.15, 0.2) is 60.9 Å². The molecular formula is C39H43Cl2N7O6. The van der Waals surface area contributed by atoms with Gasteiger partial charge in [0.25, 0.3) is 5.91 Å². The fourth-order valence-corrected chi connectivity index (χ4v) is 7.00. The number of rotatable bonds is 11. The number of hydrogen-bond donors (Lipinski definition) is 3. The summed E-state index contributed by atoms with van der Waals surface area (Å²) in [6.07, 6.45) is 4.20. The average molecular weight is 777 g/mol. The van der Waals surface area contributed by atoms with E-state index >= 15 is 0 Å². The lowest BCUT2D eigenvalue weighted by atomic mass is 10.1. The number of aliphatic hydroxyl groups excluding tert-OH is 1. The van der Waals surface area contributed by atoms with Crippen molar-refractivity contribution < 1.29 is 29.0 Å². The summed E-state index contributed by atoms with van der Waals surface area (Å²) in [6.45, 7) is 7.87. The van der Waals surface area contributed by atoms with Crippen molar-refractivity contribution in [2.24, 2.45) is 0 Å². The van der Waals surface area contributed by atoms with E-state index in [4.69, 9.17) is 37.7 Å². The lowest BCUT2D eigenvalue weighted by molar-refractivity contribution is -0.119. The lowest BCUT2D eigenvalue weighted by Crippen LogP contribution is -2.43. The fraction of sp³-hybridized carbons (Fsp3) is 0.385. The largest absolute Gasteiger partial charge is 0.481 e. The van der Waals surface area contributed by atoms with Crippen LogP contribution in [0.5, 0.6) is 5.88 Å². The normalized spacial score (nSPS) is 17.3. The number of benzene rings is 1. The Morgan fingerprint density at radius 3 is 2.54 bits per heavy atom. The Hall–Kier alpha value is -4.82. The molecule has 6 rings (SSSR count). The molecule has 0 unspecified atom stereocenters. The molecule has 4 aromatic rings. The second kappa shape index (κ2) is 16.7. The topological polar surface area (TPSA) is 159 Å². The molecule has 1 aromatic carbocycles. The van der Waals surface area contributed by atoms with Gasteiger partial charge in [-0.25, -0.2) is 9.78 Å². The highest BCUT2D eigenvalue weighted by molar-refractivity contribution is 6.39. The molecule has 2 saturated heterocycles. The summed E-state index contributed by atoms with van der Waals surface area (Å²) >= 11 is 13.9. The van der Waals surface area contributed by atoms with Gasteiger partial charge >= 0.3 is 6.09 Å². The Balaban J connectivity index is 1.20. The molecule has 0 aliphatic carbocycles. The number of aromatic nitrogens is 3. The summed E-state index contributed by atoms with van der Waals surface area (Å²) in [5.41, 5.74) is 3.36. The highest BCUT2D eigenvalue weighted by atomic mass is 35.5. The number of nitrogens with zero attached hydrogens (tertiary/aromatic N) is 5. The highest BCUT2D eigenvalue weighted by Gasteiger charge is 2.30. The van der Waals surface area contributed by atoms with Crippen molar-refractivity contribution in [1.82, 2.24) is 30.1 Å². The van der Waals surface area contributed by atoms with Crippen molar-refractivity contribution in [1.29, 1.82) is 0 Å². The number of halogens is 2. The van der Waals surface area contributed by atoms with Gasteiger partial charge in [0, 0.05) is 67.7 Å². The monoisotopic (exact) mass is 775 g/mol. The van der Waals surface area contributed by atoms with Crippen molar-refractivity contribution in [3.8, 4) is 28.4 Å². The van der Waals surface area contributed by atoms with Crippen molar-refractivity contribution in [2.75, 3.05) is 32.1 Å². The molecule has 54 heavy (non-hydrogen) atoms. The molecule has 3 amide bonds. The quantitative estimate of drug-likeness (QED) is 0.157. The third-order valence-electron chi connectivity index (χ3n) is 9.05. The first-order chi connectivity index (χ1) is 25.8. The number of anilines is 1. The standard InChI is InChI=1S/C39H43Cl2N7O6/c1-39(2,3)54-38(52)48(21-25-10-13-32(50)44-25)20-24-9-12-29(46-37(24)53-4)27-14-16-42-35(34(27)41)28-6-5-7-30(33(28)40)45-36(51)31-11-8-23(18-43-31)19-47-17-15-26(49)22-47/h5-9,11-12,14,16,18,25-26,49H,10,13,15,17,19-22H2,1-4H3,(H,44,50)(H,45,51)/t25-,26-/m0/s1. The number of ether oxygens (including phenoxy) is 2. The first-order valence-electron chi connectivity index (χ1n) is 17.7. The predicted molar refractivity (Wildman–Crippen MR) is 205 cm³/mol. The minimum absolute atomic E-state index is 0.0472. The van der Waals surface area contributed by atoms with Gasteiger partial charge in [0.15, 0.2) is 0 Å². The van der Waals surface area contributed by atoms with Crippen molar-refractivity contribution >= 4 is 46.8 Å². The zero-order valence-corrected chi connectivity index (χ0v) is 32.1. The summed E-state index contributed by atoms with van der Waals surface area (Å²) in [4.78, 5) is 55.6. The van der Waals surface area contributed by atoms with Gasteiger partial charge in [0.1, 0.15) is 11.3 Å².